The average molecular weight is 494 g/mol. The quantitative estimate of drug-likeness (QED) is 0.394. The fourth-order valence-corrected chi connectivity index (χ4v) is 4.47. The molecule has 0 radical (unpaired) electrons. The van der Waals surface area contributed by atoms with Crippen LogP contribution in [0.15, 0.2) is 30.7 Å². The van der Waals surface area contributed by atoms with Gasteiger partial charge in [-0.15, -0.1) is 0 Å². The first-order valence-electron chi connectivity index (χ1n) is 10.7. The third-order valence-corrected chi connectivity index (χ3v) is 5.95. The number of amides is 1. The highest BCUT2D eigenvalue weighted by atomic mass is 19.4. The first kappa shape index (κ1) is 23.1. The van der Waals surface area contributed by atoms with Crippen molar-refractivity contribution < 1.29 is 31.5 Å². The number of aromatic nitrogens is 5. The summed E-state index contributed by atoms with van der Waals surface area (Å²) in [5.74, 6) is -2.25. The SMILES string of the molecule is COCC1CCCN1C(=O)c1cc2c(cn1)c(-c1cnc3c(F)cc(F)cn13)nn2CC(F)(F)F. The van der Waals surface area contributed by atoms with Crippen molar-refractivity contribution in [1.82, 2.24) is 29.0 Å². The zero-order valence-corrected chi connectivity index (χ0v) is 18.4. The number of fused-ring (bicyclic) bond motifs is 2. The molecular formula is C22H19F5N6O2. The Morgan fingerprint density at radius 1 is 1.20 bits per heavy atom. The molecule has 184 valence electrons. The Morgan fingerprint density at radius 2 is 2.00 bits per heavy atom. The van der Waals surface area contributed by atoms with Gasteiger partial charge in [-0.05, 0) is 18.9 Å². The van der Waals surface area contributed by atoms with Crippen molar-refractivity contribution in [1.29, 1.82) is 0 Å². The summed E-state index contributed by atoms with van der Waals surface area (Å²) < 4.78 is 75.0. The molecule has 0 N–H and O–H groups in total. The molecule has 1 fully saturated rings. The standard InChI is InChI=1S/C22H19F5N6O2/c1-35-10-13-3-2-4-31(13)21(34)16-6-17-14(7-28-16)19(30-33(17)11-22(25,26)27)18-8-29-20-15(24)5-12(23)9-32(18)20/h5-9,13H,2-4,10-11H2,1H3. The number of hydrogen-bond donors (Lipinski definition) is 0. The summed E-state index contributed by atoms with van der Waals surface area (Å²) >= 11 is 0. The number of ether oxygens (including phenoxy) is 1. The molecule has 35 heavy (non-hydrogen) atoms. The highest BCUT2D eigenvalue weighted by Crippen LogP contribution is 2.32. The molecule has 4 aromatic heterocycles. The molecule has 1 unspecified atom stereocenters. The van der Waals surface area contributed by atoms with E-state index in [1.807, 2.05) is 0 Å². The summed E-state index contributed by atoms with van der Waals surface area (Å²) in [5.41, 5.74) is -0.176. The second kappa shape index (κ2) is 8.56. The zero-order chi connectivity index (χ0) is 24.9. The average Bonchev–Trinajstić information content (AvgIpc) is 3.50. The van der Waals surface area contributed by atoms with Crippen molar-refractivity contribution in [3.05, 3.63) is 48.1 Å². The van der Waals surface area contributed by atoms with Crippen molar-refractivity contribution in [3.8, 4) is 11.4 Å². The van der Waals surface area contributed by atoms with Crippen molar-refractivity contribution in [2.45, 2.75) is 31.6 Å². The van der Waals surface area contributed by atoms with Crippen LogP contribution in [0.25, 0.3) is 27.9 Å². The van der Waals surface area contributed by atoms with Gasteiger partial charge in [0.1, 0.15) is 23.7 Å². The Kier molecular flexibility index (Phi) is 5.66. The van der Waals surface area contributed by atoms with Crippen LogP contribution in [0, 0.1) is 11.6 Å². The Labute approximate surface area is 194 Å². The van der Waals surface area contributed by atoms with Gasteiger partial charge in [0.25, 0.3) is 5.91 Å². The van der Waals surface area contributed by atoms with Crippen LogP contribution in [-0.4, -0.2) is 67.4 Å². The molecule has 0 aromatic carbocycles. The molecule has 1 amide bonds. The maximum Gasteiger partial charge on any atom is 0.408 e. The molecule has 0 saturated carbocycles. The van der Waals surface area contributed by atoms with Crippen molar-refractivity contribution >= 4 is 22.5 Å². The fraction of sp³-hybridized carbons (Fsp3) is 0.364. The van der Waals surface area contributed by atoms with Crippen LogP contribution in [0.3, 0.4) is 0 Å². The maximum atomic E-state index is 14.1. The van der Waals surface area contributed by atoms with Crippen LogP contribution in [0.4, 0.5) is 22.0 Å². The number of methoxy groups -OCH3 is 1. The van der Waals surface area contributed by atoms with Gasteiger partial charge in [0, 0.05) is 37.5 Å². The van der Waals surface area contributed by atoms with E-state index in [0.717, 1.165) is 23.4 Å². The molecule has 1 aliphatic rings. The molecule has 13 heteroatoms. The molecule has 1 atom stereocenters. The number of hydrogen-bond acceptors (Lipinski definition) is 5. The van der Waals surface area contributed by atoms with E-state index in [1.165, 1.54) is 25.6 Å². The van der Waals surface area contributed by atoms with Gasteiger partial charge in [-0.3, -0.25) is 18.9 Å². The van der Waals surface area contributed by atoms with Crippen molar-refractivity contribution in [2.24, 2.45) is 0 Å². The fourth-order valence-electron chi connectivity index (χ4n) is 4.47. The number of pyridine rings is 2. The minimum Gasteiger partial charge on any atom is -0.383 e. The lowest BCUT2D eigenvalue weighted by molar-refractivity contribution is -0.141. The lowest BCUT2D eigenvalue weighted by Gasteiger charge is -2.23. The molecule has 5 rings (SSSR count). The summed E-state index contributed by atoms with van der Waals surface area (Å²) in [5, 5.41) is 4.25. The number of rotatable bonds is 5. The number of nitrogens with zero attached hydrogens (tertiary/aromatic N) is 6. The third kappa shape index (κ3) is 4.20. The van der Waals surface area contributed by atoms with E-state index in [2.05, 4.69) is 15.1 Å². The predicted octanol–water partition coefficient (Wildman–Crippen LogP) is 3.84. The lowest BCUT2D eigenvalue weighted by Crippen LogP contribution is -2.38. The van der Waals surface area contributed by atoms with E-state index in [9.17, 15) is 26.7 Å². The van der Waals surface area contributed by atoms with Gasteiger partial charge in [-0.1, -0.05) is 0 Å². The van der Waals surface area contributed by atoms with Gasteiger partial charge < -0.3 is 9.64 Å². The third-order valence-electron chi connectivity index (χ3n) is 5.95. The first-order valence-corrected chi connectivity index (χ1v) is 10.7. The van der Waals surface area contributed by atoms with Crippen LogP contribution in [0.5, 0.6) is 0 Å². The molecule has 8 nitrogen and oxygen atoms in total. The molecule has 0 aliphatic carbocycles. The van der Waals surface area contributed by atoms with Gasteiger partial charge in [-0.2, -0.15) is 18.3 Å². The van der Waals surface area contributed by atoms with Gasteiger partial charge >= 0.3 is 6.18 Å². The predicted molar refractivity (Wildman–Crippen MR) is 114 cm³/mol. The molecule has 0 spiro atoms. The van der Waals surface area contributed by atoms with Gasteiger partial charge in [-0.25, -0.2) is 13.8 Å². The van der Waals surface area contributed by atoms with E-state index < -0.39 is 30.3 Å². The van der Waals surface area contributed by atoms with E-state index >= 15 is 0 Å². The van der Waals surface area contributed by atoms with Gasteiger partial charge in [0.05, 0.1) is 30.1 Å². The van der Waals surface area contributed by atoms with E-state index in [4.69, 9.17) is 4.74 Å². The highest BCUT2D eigenvalue weighted by molar-refractivity contribution is 5.99. The second-order valence-electron chi connectivity index (χ2n) is 8.30. The molecule has 1 aliphatic heterocycles. The number of carbonyl (C=O) groups excluding carboxylic acids is 1. The molecule has 0 bridgehead atoms. The Bertz CT molecular complexity index is 1430. The zero-order valence-electron chi connectivity index (χ0n) is 18.4. The van der Waals surface area contributed by atoms with E-state index in [0.29, 0.717) is 23.9 Å². The van der Waals surface area contributed by atoms with Crippen molar-refractivity contribution in [3.63, 3.8) is 0 Å². The Balaban J connectivity index is 1.64. The highest BCUT2D eigenvalue weighted by Gasteiger charge is 2.33. The lowest BCUT2D eigenvalue weighted by atomic mass is 10.2. The monoisotopic (exact) mass is 494 g/mol. The Morgan fingerprint density at radius 3 is 2.74 bits per heavy atom. The summed E-state index contributed by atoms with van der Waals surface area (Å²) in [6.45, 7) is -0.610. The maximum absolute atomic E-state index is 14.1. The number of likely N-dealkylation sites (tertiary alicyclic amines) is 1. The largest absolute Gasteiger partial charge is 0.408 e. The molecule has 4 aromatic rings. The Hall–Kier alpha value is -3.61. The number of alkyl halides is 3. The minimum atomic E-state index is -4.61. The molecule has 5 heterocycles. The normalized spacial score (nSPS) is 16.6. The summed E-state index contributed by atoms with van der Waals surface area (Å²) in [6, 6.07) is 1.76. The summed E-state index contributed by atoms with van der Waals surface area (Å²) in [7, 11) is 1.53. The van der Waals surface area contributed by atoms with Crippen LogP contribution < -0.4 is 0 Å². The van der Waals surface area contributed by atoms with Crippen LogP contribution in [-0.2, 0) is 11.3 Å². The molecular weight excluding hydrogens is 475 g/mol. The van der Waals surface area contributed by atoms with Crippen LogP contribution >= 0.6 is 0 Å². The van der Waals surface area contributed by atoms with E-state index in [1.54, 1.807) is 4.90 Å². The number of imidazole rings is 1. The number of halogens is 5. The summed E-state index contributed by atoms with van der Waals surface area (Å²) in [6.07, 6.45) is 0.313. The van der Waals surface area contributed by atoms with Crippen LogP contribution in [0.1, 0.15) is 23.3 Å². The molecule has 1 saturated heterocycles. The first-order chi connectivity index (χ1) is 16.7. The smallest absolute Gasteiger partial charge is 0.383 e. The minimum absolute atomic E-state index is 0.00462. The van der Waals surface area contributed by atoms with Crippen molar-refractivity contribution in [2.75, 3.05) is 20.3 Å². The van der Waals surface area contributed by atoms with Gasteiger partial charge in [0.15, 0.2) is 11.5 Å². The second-order valence-corrected chi connectivity index (χ2v) is 8.30. The number of carbonyl (C=O) groups is 1. The topological polar surface area (TPSA) is 77.6 Å². The van der Waals surface area contributed by atoms with Crippen LogP contribution in [0.2, 0.25) is 0 Å². The van der Waals surface area contributed by atoms with Gasteiger partial charge in [0.2, 0.25) is 0 Å². The van der Waals surface area contributed by atoms with E-state index in [-0.39, 0.29) is 39.7 Å². The summed E-state index contributed by atoms with van der Waals surface area (Å²) in [4.78, 5) is 22.8.